The van der Waals surface area contributed by atoms with Crippen LogP contribution in [-0.4, -0.2) is 35.0 Å². The van der Waals surface area contributed by atoms with E-state index in [1.807, 2.05) is 0 Å². The lowest BCUT2D eigenvalue weighted by atomic mass is 9.98. The summed E-state index contributed by atoms with van der Waals surface area (Å²) in [5, 5.41) is 8.95. The van der Waals surface area contributed by atoms with E-state index in [-0.39, 0.29) is 12.5 Å². The zero-order valence-corrected chi connectivity index (χ0v) is 9.91. The number of aliphatic carboxylic acids is 1. The van der Waals surface area contributed by atoms with Crippen molar-refractivity contribution in [2.24, 2.45) is 5.92 Å². The number of piperidine rings is 1. The standard InChI is InChI=1S/C13H15NO4/c15-12(6-5-11-4-2-8-18-11)14-7-1-3-10(9-14)13(16)17/h2,4-6,8,10H,1,3,7,9H2,(H,16,17)/b6-5-/t10-/m1/s1. The van der Waals surface area contributed by atoms with Crippen LogP contribution in [0.3, 0.4) is 0 Å². The third-order valence-electron chi connectivity index (χ3n) is 3.02. The van der Waals surface area contributed by atoms with E-state index in [9.17, 15) is 9.59 Å². The molecule has 0 radical (unpaired) electrons. The first-order chi connectivity index (χ1) is 8.66. The Morgan fingerprint density at radius 3 is 3.00 bits per heavy atom. The molecule has 2 rings (SSSR count). The Morgan fingerprint density at radius 1 is 1.50 bits per heavy atom. The van der Waals surface area contributed by atoms with Crippen LogP contribution in [0, 0.1) is 5.92 Å². The topological polar surface area (TPSA) is 70.8 Å². The molecule has 1 amide bonds. The summed E-state index contributed by atoms with van der Waals surface area (Å²) in [5.41, 5.74) is 0. The summed E-state index contributed by atoms with van der Waals surface area (Å²) in [7, 11) is 0. The molecule has 1 aromatic rings. The Hall–Kier alpha value is -2.04. The zero-order valence-electron chi connectivity index (χ0n) is 9.91. The van der Waals surface area contributed by atoms with Crippen LogP contribution in [0.1, 0.15) is 18.6 Å². The Labute approximate surface area is 105 Å². The summed E-state index contributed by atoms with van der Waals surface area (Å²) >= 11 is 0. The van der Waals surface area contributed by atoms with Gasteiger partial charge >= 0.3 is 5.97 Å². The molecule has 1 aromatic heterocycles. The second kappa shape index (κ2) is 5.53. The van der Waals surface area contributed by atoms with Crippen LogP contribution in [-0.2, 0) is 9.59 Å². The molecule has 2 heterocycles. The minimum absolute atomic E-state index is 0.169. The van der Waals surface area contributed by atoms with Crippen molar-refractivity contribution < 1.29 is 19.1 Å². The van der Waals surface area contributed by atoms with Crippen molar-refractivity contribution in [3.05, 3.63) is 30.2 Å². The number of carbonyl (C=O) groups is 2. The molecule has 5 heteroatoms. The van der Waals surface area contributed by atoms with Gasteiger partial charge in [-0.15, -0.1) is 0 Å². The molecule has 1 aliphatic heterocycles. The van der Waals surface area contributed by atoms with E-state index >= 15 is 0 Å². The molecule has 0 spiro atoms. The van der Waals surface area contributed by atoms with E-state index in [4.69, 9.17) is 9.52 Å². The zero-order chi connectivity index (χ0) is 13.0. The highest BCUT2D eigenvalue weighted by atomic mass is 16.4. The van der Waals surface area contributed by atoms with Crippen molar-refractivity contribution in [2.45, 2.75) is 12.8 Å². The number of amides is 1. The van der Waals surface area contributed by atoms with Crippen molar-refractivity contribution in [1.29, 1.82) is 0 Å². The largest absolute Gasteiger partial charge is 0.481 e. The van der Waals surface area contributed by atoms with Crippen LogP contribution < -0.4 is 0 Å². The smallest absolute Gasteiger partial charge is 0.308 e. The van der Waals surface area contributed by atoms with Crippen LogP contribution in [0.15, 0.2) is 28.9 Å². The summed E-state index contributed by atoms with van der Waals surface area (Å²) in [6.07, 6.45) is 5.92. The number of carboxylic acids is 1. The number of furan rings is 1. The lowest BCUT2D eigenvalue weighted by Crippen LogP contribution is -2.41. The van der Waals surface area contributed by atoms with Gasteiger partial charge in [0.05, 0.1) is 12.2 Å². The van der Waals surface area contributed by atoms with Gasteiger partial charge < -0.3 is 14.4 Å². The van der Waals surface area contributed by atoms with Gasteiger partial charge in [-0.25, -0.2) is 0 Å². The molecule has 0 aromatic carbocycles. The summed E-state index contributed by atoms with van der Waals surface area (Å²) in [6, 6.07) is 3.49. The molecule has 1 saturated heterocycles. The fourth-order valence-electron chi connectivity index (χ4n) is 2.02. The maximum absolute atomic E-state index is 11.9. The van der Waals surface area contributed by atoms with Gasteiger partial charge in [-0.3, -0.25) is 9.59 Å². The van der Waals surface area contributed by atoms with Crippen molar-refractivity contribution >= 4 is 18.0 Å². The number of nitrogens with zero attached hydrogens (tertiary/aromatic N) is 1. The first-order valence-electron chi connectivity index (χ1n) is 5.90. The average Bonchev–Trinajstić information content (AvgIpc) is 2.89. The third kappa shape index (κ3) is 3.00. The minimum Gasteiger partial charge on any atom is -0.481 e. The molecule has 18 heavy (non-hydrogen) atoms. The number of hydrogen-bond acceptors (Lipinski definition) is 3. The van der Waals surface area contributed by atoms with Crippen LogP contribution in [0.2, 0.25) is 0 Å². The molecular formula is C13H15NO4. The molecule has 0 saturated carbocycles. The van der Waals surface area contributed by atoms with Crippen molar-refractivity contribution in [1.82, 2.24) is 4.90 Å². The maximum atomic E-state index is 11.9. The lowest BCUT2D eigenvalue weighted by molar-refractivity contribution is -0.144. The van der Waals surface area contributed by atoms with Gasteiger partial charge in [0, 0.05) is 19.2 Å². The monoisotopic (exact) mass is 249 g/mol. The normalized spacial score (nSPS) is 20.2. The third-order valence-corrected chi connectivity index (χ3v) is 3.02. The molecular weight excluding hydrogens is 234 g/mol. The number of hydrogen-bond donors (Lipinski definition) is 1. The first-order valence-corrected chi connectivity index (χ1v) is 5.90. The van der Waals surface area contributed by atoms with E-state index < -0.39 is 11.9 Å². The highest BCUT2D eigenvalue weighted by molar-refractivity contribution is 5.91. The van der Waals surface area contributed by atoms with Gasteiger partial charge in [-0.2, -0.15) is 0 Å². The number of rotatable bonds is 3. The molecule has 1 fully saturated rings. The number of likely N-dealkylation sites (tertiary alicyclic amines) is 1. The highest BCUT2D eigenvalue weighted by Crippen LogP contribution is 2.17. The van der Waals surface area contributed by atoms with E-state index in [2.05, 4.69) is 0 Å². The summed E-state index contributed by atoms with van der Waals surface area (Å²) in [5.74, 6) is -0.838. The van der Waals surface area contributed by atoms with Crippen molar-refractivity contribution in [3.8, 4) is 0 Å². The van der Waals surface area contributed by atoms with Crippen molar-refractivity contribution in [2.75, 3.05) is 13.1 Å². The van der Waals surface area contributed by atoms with Gasteiger partial charge in [0.2, 0.25) is 5.91 Å². The molecule has 96 valence electrons. The molecule has 1 atom stereocenters. The second-order valence-electron chi connectivity index (χ2n) is 4.31. The number of carboxylic acid groups (broad SMARTS) is 1. The average molecular weight is 249 g/mol. The Bertz CT molecular complexity index is 450. The Kier molecular flexibility index (Phi) is 3.82. The first kappa shape index (κ1) is 12.4. The van der Waals surface area contributed by atoms with Crippen LogP contribution in [0.4, 0.5) is 0 Å². The Balaban J connectivity index is 1.94. The lowest BCUT2D eigenvalue weighted by Gasteiger charge is -2.29. The van der Waals surface area contributed by atoms with Crippen LogP contribution in [0.5, 0.6) is 0 Å². The van der Waals surface area contributed by atoms with Gasteiger partial charge in [0.15, 0.2) is 0 Å². The van der Waals surface area contributed by atoms with E-state index in [1.165, 1.54) is 12.3 Å². The minimum atomic E-state index is -0.831. The maximum Gasteiger partial charge on any atom is 0.308 e. The van der Waals surface area contributed by atoms with Crippen LogP contribution >= 0.6 is 0 Å². The van der Waals surface area contributed by atoms with Gasteiger partial charge in [0.25, 0.3) is 0 Å². The van der Waals surface area contributed by atoms with Crippen molar-refractivity contribution in [3.63, 3.8) is 0 Å². The van der Waals surface area contributed by atoms with Gasteiger partial charge in [-0.05, 0) is 31.1 Å². The predicted molar refractivity (Wildman–Crippen MR) is 64.7 cm³/mol. The summed E-state index contributed by atoms with van der Waals surface area (Å²) in [6.45, 7) is 0.905. The molecule has 0 unspecified atom stereocenters. The summed E-state index contributed by atoms with van der Waals surface area (Å²) in [4.78, 5) is 24.3. The van der Waals surface area contributed by atoms with E-state index in [1.54, 1.807) is 23.1 Å². The van der Waals surface area contributed by atoms with Gasteiger partial charge in [0.1, 0.15) is 5.76 Å². The number of carbonyl (C=O) groups excluding carboxylic acids is 1. The quantitative estimate of drug-likeness (QED) is 0.826. The Morgan fingerprint density at radius 2 is 2.33 bits per heavy atom. The predicted octanol–water partition coefficient (Wildman–Crippen LogP) is 1.62. The second-order valence-corrected chi connectivity index (χ2v) is 4.31. The SMILES string of the molecule is O=C(O)[C@@H]1CCCN(C(=O)/C=C\c2ccco2)C1. The molecule has 5 nitrogen and oxygen atoms in total. The van der Waals surface area contributed by atoms with Gasteiger partial charge in [-0.1, -0.05) is 0 Å². The van der Waals surface area contributed by atoms with E-state index in [0.717, 1.165) is 6.42 Å². The fourth-order valence-corrected chi connectivity index (χ4v) is 2.02. The molecule has 0 bridgehead atoms. The fraction of sp³-hybridized carbons (Fsp3) is 0.385. The highest BCUT2D eigenvalue weighted by Gasteiger charge is 2.27. The molecule has 1 N–H and O–H groups in total. The summed E-state index contributed by atoms with van der Waals surface area (Å²) < 4.78 is 5.08. The molecule has 1 aliphatic rings. The van der Waals surface area contributed by atoms with Crippen LogP contribution in [0.25, 0.3) is 6.08 Å². The molecule has 0 aliphatic carbocycles. The van der Waals surface area contributed by atoms with E-state index in [0.29, 0.717) is 18.7 Å².